The molecule has 1 rings (SSSR count). The molecule has 0 saturated heterocycles. The average Bonchev–Trinajstić information content (AvgIpc) is 2.61. The first-order chi connectivity index (χ1) is 12.2. The first kappa shape index (κ1) is 21.8. The van der Waals surface area contributed by atoms with Gasteiger partial charge < -0.3 is 15.4 Å². The number of alkyl halides is 3. The van der Waals surface area contributed by atoms with Crippen LogP contribution >= 0.6 is 11.8 Å². The summed E-state index contributed by atoms with van der Waals surface area (Å²) in [5, 5.41) is 4.73. The molecule has 0 aliphatic carbocycles. The average molecular weight is 392 g/mol. The van der Waals surface area contributed by atoms with Crippen molar-refractivity contribution in [2.45, 2.75) is 18.6 Å². The van der Waals surface area contributed by atoms with Crippen molar-refractivity contribution in [1.82, 2.24) is 10.6 Å². The van der Waals surface area contributed by atoms with Gasteiger partial charge in [-0.2, -0.15) is 24.9 Å². The van der Waals surface area contributed by atoms with Gasteiger partial charge in [0.1, 0.15) is 6.04 Å². The van der Waals surface area contributed by atoms with E-state index in [1.165, 1.54) is 18.9 Å². The number of amides is 2. The van der Waals surface area contributed by atoms with Crippen molar-refractivity contribution in [2.75, 3.05) is 25.7 Å². The number of nitrogens with one attached hydrogen (secondary N) is 2. The number of ether oxygens (including phenoxy) is 1. The summed E-state index contributed by atoms with van der Waals surface area (Å²) in [5.74, 6) is -1.28. The van der Waals surface area contributed by atoms with Crippen LogP contribution in [0.2, 0.25) is 0 Å². The quantitative estimate of drug-likeness (QED) is 0.660. The molecule has 0 radical (unpaired) electrons. The van der Waals surface area contributed by atoms with Gasteiger partial charge in [0.25, 0.3) is 5.91 Å². The third-order valence-electron chi connectivity index (χ3n) is 3.32. The Bertz CT molecular complexity index is 635. The molecular formula is C16H19F3N2O4S. The van der Waals surface area contributed by atoms with Gasteiger partial charge in [0.15, 0.2) is 0 Å². The summed E-state index contributed by atoms with van der Waals surface area (Å²) in [6, 6.07) is 2.77. The van der Waals surface area contributed by atoms with Crippen LogP contribution in [0.15, 0.2) is 24.3 Å². The molecule has 1 aromatic rings. The molecule has 0 aliphatic heterocycles. The zero-order valence-corrected chi connectivity index (χ0v) is 15.0. The van der Waals surface area contributed by atoms with Crippen LogP contribution in [0, 0.1) is 0 Å². The van der Waals surface area contributed by atoms with Gasteiger partial charge in [-0.3, -0.25) is 9.59 Å². The molecule has 10 heteroatoms. The van der Waals surface area contributed by atoms with Crippen LogP contribution in [0.1, 0.15) is 22.3 Å². The van der Waals surface area contributed by atoms with Crippen LogP contribution in [0.4, 0.5) is 13.2 Å². The molecule has 0 bridgehead atoms. The summed E-state index contributed by atoms with van der Waals surface area (Å²) < 4.78 is 42.1. The number of carbonyl (C=O) groups is 3. The van der Waals surface area contributed by atoms with Crippen molar-refractivity contribution < 1.29 is 32.3 Å². The second kappa shape index (κ2) is 10.0. The number of hydrogen-bond donors (Lipinski definition) is 2. The number of rotatable bonds is 8. The Morgan fingerprint density at radius 2 is 1.81 bits per heavy atom. The highest BCUT2D eigenvalue weighted by Crippen LogP contribution is 2.29. The lowest BCUT2D eigenvalue weighted by atomic mass is 10.1. The number of methoxy groups -OCH3 is 1. The fourth-order valence-corrected chi connectivity index (χ4v) is 2.42. The molecule has 144 valence electrons. The molecule has 0 spiro atoms. The fraction of sp³-hybridized carbons (Fsp3) is 0.438. The maximum absolute atomic E-state index is 12.5. The Morgan fingerprint density at radius 1 is 1.19 bits per heavy atom. The van der Waals surface area contributed by atoms with E-state index < -0.39 is 42.1 Å². The van der Waals surface area contributed by atoms with Crippen molar-refractivity contribution in [2.24, 2.45) is 0 Å². The van der Waals surface area contributed by atoms with E-state index in [2.05, 4.69) is 15.4 Å². The second-order valence-electron chi connectivity index (χ2n) is 5.18. The van der Waals surface area contributed by atoms with Gasteiger partial charge in [-0.15, -0.1) is 0 Å². The third kappa shape index (κ3) is 6.95. The highest BCUT2D eigenvalue weighted by molar-refractivity contribution is 7.98. The Labute approximate surface area is 152 Å². The van der Waals surface area contributed by atoms with Crippen LogP contribution in [0.25, 0.3) is 0 Å². The number of halogens is 3. The van der Waals surface area contributed by atoms with E-state index in [0.717, 1.165) is 24.3 Å². The summed E-state index contributed by atoms with van der Waals surface area (Å²) in [6.07, 6.45) is -2.28. The molecule has 0 aliphatic rings. The van der Waals surface area contributed by atoms with Crippen LogP contribution in [-0.4, -0.2) is 49.5 Å². The van der Waals surface area contributed by atoms with Gasteiger partial charge >= 0.3 is 12.1 Å². The molecule has 1 atom stereocenters. The van der Waals surface area contributed by atoms with Gasteiger partial charge in [0, 0.05) is 5.56 Å². The summed E-state index contributed by atoms with van der Waals surface area (Å²) in [5.41, 5.74) is -0.890. The van der Waals surface area contributed by atoms with Crippen molar-refractivity contribution in [1.29, 1.82) is 0 Å². The van der Waals surface area contributed by atoms with E-state index in [1.54, 1.807) is 0 Å². The van der Waals surface area contributed by atoms with Crippen molar-refractivity contribution >= 4 is 29.5 Å². The fourth-order valence-electron chi connectivity index (χ4n) is 1.95. The van der Waals surface area contributed by atoms with E-state index >= 15 is 0 Å². The predicted octanol–water partition coefficient (Wildman–Crippen LogP) is 1.85. The van der Waals surface area contributed by atoms with Crippen LogP contribution < -0.4 is 10.6 Å². The van der Waals surface area contributed by atoms with Gasteiger partial charge in [0.05, 0.1) is 19.2 Å². The summed E-state index contributed by atoms with van der Waals surface area (Å²) in [7, 11) is 1.20. The Kier molecular flexibility index (Phi) is 8.43. The molecule has 2 amide bonds. The van der Waals surface area contributed by atoms with E-state index in [0.29, 0.717) is 12.2 Å². The smallest absolute Gasteiger partial charge is 0.416 e. The molecule has 0 saturated carbocycles. The molecule has 26 heavy (non-hydrogen) atoms. The normalized spacial score (nSPS) is 12.2. The second-order valence-corrected chi connectivity index (χ2v) is 6.17. The molecular weight excluding hydrogens is 373 g/mol. The van der Waals surface area contributed by atoms with Crippen molar-refractivity contribution in [3.8, 4) is 0 Å². The standard InChI is InChI=1S/C16H19F3N2O4S/c1-25-15(24)12(7-8-26-2)21-13(22)9-20-14(23)10-3-5-11(6-4-10)16(17,18)19/h3-6,12H,7-9H2,1-2H3,(H,20,23)(H,21,22)/t12-/m0/s1. The molecule has 6 nitrogen and oxygen atoms in total. The monoisotopic (exact) mass is 392 g/mol. The zero-order chi connectivity index (χ0) is 19.7. The molecule has 0 fully saturated rings. The minimum atomic E-state index is -4.49. The summed E-state index contributed by atoms with van der Waals surface area (Å²) in [6.45, 7) is -0.424. The van der Waals surface area contributed by atoms with Crippen molar-refractivity contribution in [3.05, 3.63) is 35.4 Å². The zero-order valence-electron chi connectivity index (χ0n) is 14.2. The SMILES string of the molecule is COC(=O)[C@H](CCSC)NC(=O)CNC(=O)c1ccc(C(F)(F)F)cc1. The minimum absolute atomic E-state index is 0.0160. The van der Waals surface area contributed by atoms with E-state index in [9.17, 15) is 27.6 Å². The Balaban J connectivity index is 2.57. The highest BCUT2D eigenvalue weighted by atomic mass is 32.2. The van der Waals surface area contributed by atoms with E-state index in [1.807, 2.05) is 6.26 Å². The lowest BCUT2D eigenvalue weighted by Crippen LogP contribution is -2.46. The number of thioether (sulfide) groups is 1. The van der Waals surface area contributed by atoms with Gasteiger partial charge in [-0.05, 0) is 42.7 Å². The minimum Gasteiger partial charge on any atom is -0.467 e. The van der Waals surface area contributed by atoms with E-state index in [-0.39, 0.29) is 5.56 Å². The molecule has 1 aromatic carbocycles. The first-order valence-corrected chi connectivity index (χ1v) is 8.90. The number of benzene rings is 1. The van der Waals surface area contributed by atoms with Gasteiger partial charge in [-0.1, -0.05) is 0 Å². The predicted molar refractivity (Wildman–Crippen MR) is 90.7 cm³/mol. The number of esters is 1. The van der Waals surface area contributed by atoms with Gasteiger partial charge in [-0.25, -0.2) is 4.79 Å². The Morgan fingerprint density at radius 3 is 2.31 bits per heavy atom. The molecule has 0 heterocycles. The topological polar surface area (TPSA) is 84.5 Å². The molecule has 0 aromatic heterocycles. The first-order valence-electron chi connectivity index (χ1n) is 7.50. The van der Waals surface area contributed by atoms with Crippen LogP contribution in [0.3, 0.4) is 0 Å². The van der Waals surface area contributed by atoms with Gasteiger partial charge in [0.2, 0.25) is 5.91 Å². The van der Waals surface area contributed by atoms with Crippen LogP contribution in [0.5, 0.6) is 0 Å². The largest absolute Gasteiger partial charge is 0.467 e. The lowest BCUT2D eigenvalue weighted by Gasteiger charge is -2.16. The van der Waals surface area contributed by atoms with E-state index in [4.69, 9.17) is 0 Å². The third-order valence-corrected chi connectivity index (χ3v) is 3.96. The lowest BCUT2D eigenvalue weighted by molar-refractivity contribution is -0.145. The number of hydrogen-bond acceptors (Lipinski definition) is 5. The molecule has 0 unspecified atom stereocenters. The van der Waals surface area contributed by atoms with Crippen LogP contribution in [-0.2, 0) is 20.5 Å². The number of carbonyl (C=O) groups excluding carboxylic acids is 3. The molecule has 2 N–H and O–H groups in total. The maximum atomic E-state index is 12.5. The van der Waals surface area contributed by atoms with Crippen molar-refractivity contribution in [3.63, 3.8) is 0 Å². The highest BCUT2D eigenvalue weighted by Gasteiger charge is 2.30. The Hall–Kier alpha value is -2.23. The summed E-state index contributed by atoms with van der Waals surface area (Å²) in [4.78, 5) is 35.4. The maximum Gasteiger partial charge on any atom is 0.416 e. The summed E-state index contributed by atoms with van der Waals surface area (Å²) >= 11 is 1.49.